The number of H-pyrrole nitrogens is 1. The van der Waals surface area contributed by atoms with Crippen LogP contribution < -0.4 is 10.9 Å². The van der Waals surface area contributed by atoms with E-state index < -0.39 is 4.92 Å². The largest absolute Gasteiger partial charge is 0.322 e. The molecule has 1 aliphatic rings. The Bertz CT molecular complexity index is 2150. The van der Waals surface area contributed by atoms with Gasteiger partial charge in [0, 0.05) is 27.8 Å². The standard InChI is InChI=1S/C32H25N5O4S3/c1-17-7-9-18(10-8-17)29(38)33-20-12-13-22-26(16-20)44-32(34-22)43-25-14-11-19(15-23(25)37(40)41)28-35-30(39)27-21-5-3-2-4-6-24(21)42-31(27)36-28/h7-16H,2-6H2,1H3,(H,33,38)(H,35,36,39). The molecule has 0 saturated heterocycles. The number of thiazole rings is 1. The highest BCUT2D eigenvalue weighted by Gasteiger charge is 2.22. The zero-order chi connectivity index (χ0) is 30.4. The maximum absolute atomic E-state index is 13.1. The van der Waals surface area contributed by atoms with Crippen LogP contribution in [0.5, 0.6) is 0 Å². The SMILES string of the molecule is Cc1ccc(C(=O)Nc2ccc3nc(Sc4ccc(-c5nc6sc7c(c6c(=O)[nH]5)CCCCC7)cc4[N+](=O)[O-])sc3c2)cc1. The van der Waals surface area contributed by atoms with Gasteiger partial charge in [0.2, 0.25) is 0 Å². The van der Waals surface area contributed by atoms with E-state index in [2.05, 4.69) is 15.3 Å². The number of aromatic nitrogens is 3. The molecule has 3 aromatic heterocycles. The second kappa shape index (κ2) is 11.6. The number of hydrogen-bond donors (Lipinski definition) is 2. The van der Waals surface area contributed by atoms with Crippen LogP contribution >= 0.6 is 34.4 Å². The summed E-state index contributed by atoms with van der Waals surface area (Å²) in [4.78, 5) is 52.1. The summed E-state index contributed by atoms with van der Waals surface area (Å²) in [7, 11) is 0. The smallest absolute Gasteiger partial charge is 0.284 e. The lowest BCUT2D eigenvalue weighted by Crippen LogP contribution is -2.11. The van der Waals surface area contributed by atoms with Gasteiger partial charge in [-0.25, -0.2) is 9.97 Å². The van der Waals surface area contributed by atoms with Gasteiger partial charge in [0.1, 0.15) is 10.7 Å². The summed E-state index contributed by atoms with van der Waals surface area (Å²) >= 11 is 4.15. The highest BCUT2D eigenvalue weighted by molar-refractivity contribution is 8.01. The Hall–Kier alpha value is -4.39. The molecule has 1 amide bonds. The topological polar surface area (TPSA) is 131 Å². The molecule has 0 aliphatic heterocycles. The molecule has 9 nitrogen and oxygen atoms in total. The van der Waals surface area contributed by atoms with Crippen LogP contribution in [0.15, 0.2) is 74.7 Å². The van der Waals surface area contributed by atoms with E-state index in [1.54, 1.807) is 41.7 Å². The normalized spacial score (nSPS) is 13.1. The maximum Gasteiger partial charge on any atom is 0.284 e. The second-order valence-corrected chi connectivity index (χ2v) is 14.1. The summed E-state index contributed by atoms with van der Waals surface area (Å²) in [6.07, 6.45) is 5.16. The third-order valence-corrected chi connectivity index (χ3v) is 11.0. The molecule has 220 valence electrons. The minimum Gasteiger partial charge on any atom is -0.322 e. The number of nitro benzene ring substituents is 1. The molecule has 2 N–H and O–H groups in total. The van der Waals surface area contributed by atoms with E-state index in [-0.39, 0.29) is 17.2 Å². The van der Waals surface area contributed by atoms with Crippen LogP contribution in [-0.2, 0) is 12.8 Å². The average Bonchev–Trinajstić information content (AvgIpc) is 3.49. The number of aromatic amines is 1. The van der Waals surface area contributed by atoms with Crippen molar-refractivity contribution in [2.24, 2.45) is 0 Å². The number of nitrogens with zero attached hydrogens (tertiary/aromatic N) is 3. The summed E-state index contributed by atoms with van der Waals surface area (Å²) in [5, 5.41) is 15.7. The van der Waals surface area contributed by atoms with Crippen molar-refractivity contribution in [3.05, 3.63) is 103 Å². The fourth-order valence-electron chi connectivity index (χ4n) is 5.40. The molecule has 3 aromatic carbocycles. The van der Waals surface area contributed by atoms with E-state index in [9.17, 15) is 19.7 Å². The Labute approximate surface area is 263 Å². The fourth-order valence-corrected chi connectivity index (χ4v) is 8.81. The molecule has 0 saturated carbocycles. The Balaban J connectivity index is 1.15. The zero-order valence-electron chi connectivity index (χ0n) is 23.5. The van der Waals surface area contributed by atoms with Gasteiger partial charge in [-0.1, -0.05) is 35.9 Å². The number of benzene rings is 3. The predicted molar refractivity (Wildman–Crippen MR) is 176 cm³/mol. The Morgan fingerprint density at radius 2 is 1.82 bits per heavy atom. The van der Waals surface area contributed by atoms with Gasteiger partial charge in [-0.2, -0.15) is 0 Å². The molecule has 0 radical (unpaired) electrons. The van der Waals surface area contributed by atoms with Crippen molar-refractivity contribution in [2.75, 3.05) is 5.32 Å². The highest BCUT2D eigenvalue weighted by atomic mass is 32.2. The molecule has 0 fully saturated rings. The number of rotatable bonds is 6. The van der Waals surface area contributed by atoms with Gasteiger partial charge >= 0.3 is 0 Å². The Morgan fingerprint density at radius 1 is 1.00 bits per heavy atom. The lowest BCUT2D eigenvalue weighted by molar-refractivity contribution is -0.387. The Kier molecular flexibility index (Phi) is 7.48. The lowest BCUT2D eigenvalue weighted by atomic mass is 10.1. The van der Waals surface area contributed by atoms with Crippen molar-refractivity contribution in [2.45, 2.75) is 48.3 Å². The van der Waals surface area contributed by atoms with Gasteiger partial charge < -0.3 is 10.3 Å². The van der Waals surface area contributed by atoms with Crippen LogP contribution in [0.2, 0.25) is 0 Å². The minimum atomic E-state index is -0.429. The number of thiophene rings is 1. The van der Waals surface area contributed by atoms with Gasteiger partial charge in [-0.05, 0) is 80.6 Å². The lowest BCUT2D eigenvalue weighted by Gasteiger charge is -2.05. The van der Waals surface area contributed by atoms with Gasteiger partial charge in [-0.15, -0.1) is 22.7 Å². The summed E-state index contributed by atoms with van der Waals surface area (Å²) in [6, 6.07) is 17.7. The van der Waals surface area contributed by atoms with Crippen LogP contribution in [-0.4, -0.2) is 25.8 Å². The van der Waals surface area contributed by atoms with E-state index in [4.69, 9.17) is 4.98 Å². The van der Waals surface area contributed by atoms with Crippen molar-refractivity contribution in [1.82, 2.24) is 15.0 Å². The maximum atomic E-state index is 13.1. The van der Waals surface area contributed by atoms with Gasteiger partial charge in [0.25, 0.3) is 17.2 Å². The van der Waals surface area contributed by atoms with Crippen molar-refractivity contribution in [3.8, 4) is 11.4 Å². The summed E-state index contributed by atoms with van der Waals surface area (Å²) in [5.74, 6) is 0.113. The number of amides is 1. The molecule has 1 aliphatic carbocycles. The van der Waals surface area contributed by atoms with E-state index in [1.165, 1.54) is 34.0 Å². The summed E-state index contributed by atoms with van der Waals surface area (Å²) < 4.78 is 1.48. The van der Waals surface area contributed by atoms with Crippen molar-refractivity contribution in [1.29, 1.82) is 0 Å². The molecular weight excluding hydrogens is 615 g/mol. The molecule has 0 spiro atoms. The Morgan fingerprint density at radius 3 is 2.64 bits per heavy atom. The van der Waals surface area contributed by atoms with Crippen LogP contribution in [0, 0.1) is 17.0 Å². The second-order valence-electron chi connectivity index (χ2n) is 10.7. The van der Waals surface area contributed by atoms with Crippen molar-refractivity contribution in [3.63, 3.8) is 0 Å². The number of hydrogen-bond acceptors (Lipinski definition) is 9. The first-order valence-electron chi connectivity index (χ1n) is 14.1. The first kappa shape index (κ1) is 28.4. The molecule has 7 rings (SSSR count). The first-order valence-corrected chi connectivity index (χ1v) is 16.6. The third kappa shape index (κ3) is 5.51. The van der Waals surface area contributed by atoms with Gasteiger partial charge in [0.05, 0.1) is 25.4 Å². The number of nitro groups is 1. The third-order valence-electron chi connectivity index (χ3n) is 7.64. The minimum absolute atomic E-state index is 0.0949. The van der Waals surface area contributed by atoms with Crippen LogP contribution in [0.4, 0.5) is 11.4 Å². The van der Waals surface area contributed by atoms with Crippen LogP contribution in [0.3, 0.4) is 0 Å². The number of fused-ring (bicyclic) bond motifs is 4. The molecule has 0 bridgehead atoms. The van der Waals surface area contributed by atoms with Crippen LogP contribution in [0.1, 0.15) is 45.6 Å². The fraction of sp³-hybridized carbons (Fsp3) is 0.188. The number of aryl methyl sites for hydroxylation is 3. The highest BCUT2D eigenvalue weighted by Crippen LogP contribution is 2.41. The number of nitrogens with one attached hydrogen (secondary N) is 2. The zero-order valence-corrected chi connectivity index (χ0v) is 26.0. The monoisotopic (exact) mass is 639 g/mol. The molecule has 44 heavy (non-hydrogen) atoms. The average molecular weight is 640 g/mol. The van der Waals surface area contributed by atoms with E-state index >= 15 is 0 Å². The molecular formula is C32H25N5O4S3. The van der Waals surface area contributed by atoms with Crippen LogP contribution in [0.25, 0.3) is 31.8 Å². The molecule has 12 heteroatoms. The quantitative estimate of drug-likeness (QED) is 0.107. The number of anilines is 1. The number of carbonyl (C=O) groups is 1. The molecule has 0 atom stereocenters. The molecule has 6 aromatic rings. The van der Waals surface area contributed by atoms with E-state index in [0.29, 0.717) is 42.1 Å². The summed E-state index contributed by atoms with van der Waals surface area (Å²) in [5.41, 5.74) is 4.30. The first-order chi connectivity index (χ1) is 21.3. The van der Waals surface area contributed by atoms with Gasteiger partial charge in [0.15, 0.2) is 4.34 Å². The number of carbonyl (C=O) groups excluding carboxylic acids is 1. The molecule has 0 unspecified atom stereocenters. The summed E-state index contributed by atoms with van der Waals surface area (Å²) in [6.45, 7) is 1.97. The van der Waals surface area contributed by atoms with E-state index in [0.717, 1.165) is 53.4 Å². The van der Waals surface area contributed by atoms with Crippen molar-refractivity contribution < 1.29 is 9.72 Å². The molecule has 3 heterocycles. The van der Waals surface area contributed by atoms with Gasteiger partial charge in [-0.3, -0.25) is 19.7 Å². The van der Waals surface area contributed by atoms with Crippen molar-refractivity contribution >= 4 is 72.2 Å². The predicted octanol–water partition coefficient (Wildman–Crippen LogP) is 8.15. The van der Waals surface area contributed by atoms with E-state index in [1.807, 2.05) is 31.2 Å².